The number of methoxy groups -OCH3 is 1. The van der Waals surface area contributed by atoms with Crippen LogP contribution in [0.3, 0.4) is 0 Å². The Morgan fingerprint density at radius 2 is 1.64 bits per heavy atom. The average molecular weight is 606 g/mol. The van der Waals surface area contributed by atoms with Crippen LogP contribution in [0.15, 0.2) is 84.9 Å². The van der Waals surface area contributed by atoms with Crippen LogP contribution in [0.1, 0.15) is 53.0 Å². The molecule has 1 fully saturated rings. The summed E-state index contributed by atoms with van der Waals surface area (Å²) in [7, 11) is 1.74. The highest BCUT2D eigenvalue weighted by molar-refractivity contribution is 7.19. The molecule has 2 heterocycles. The van der Waals surface area contributed by atoms with Crippen molar-refractivity contribution in [3.05, 3.63) is 101 Å². The molecule has 0 radical (unpaired) electrons. The van der Waals surface area contributed by atoms with Gasteiger partial charge in [0.25, 0.3) is 0 Å². The summed E-state index contributed by atoms with van der Waals surface area (Å²) in [5, 5.41) is 26.5. The molecule has 0 atom stereocenters. The lowest BCUT2D eigenvalue weighted by molar-refractivity contribution is -0.0447. The largest absolute Gasteiger partial charge is 0.493 e. The van der Waals surface area contributed by atoms with E-state index in [4.69, 9.17) is 9.47 Å². The monoisotopic (exact) mass is 605 g/mol. The van der Waals surface area contributed by atoms with E-state index in [9.17, 15) is 15.0 Å². The Balaban J connectivity index is 1.25. The normalized spacial score (nSPS) is 18.7. The first kappa shape index (κ1) is 28.6. The number of carbonyl (C=O) groups is 1. The van der Waals surface area contributed by atoms with Crippen molar-refractivity contribution < 1.29 is 24.5 Å². The zero-order valence-corrected chi connectivity index (χ0v) is 25.5. The number of carboxylic acids is 1. The minimum absolute atomic E-state index is 0.158. The minimum Gasteiger partial charge on any atom is -0.493 e. The van der Waals surface area contributed by atoms with Gasteiger partial charge in [-0.25, -0.2) is 4.79 Å². The summed E-state index contributed by atoms with van der Waals surface area (Å²) >= 11 is 1.64. The number of hydrogen-bond donors (Lipinski definition) is 3. The molecule has 1 aliphatic rings. The van der Waals surface area contributed by atoms with Crippen molar-refractivity contribution in [3.63, 3.8) is 0 Å². The second-order valence-electron chi connectivity index (χ2n) is 11.7. The van der Waals surface area contributed by atoms with Crippen LogP contribution < -0.4 is 4.74 Å². The number of aryl methyl sites for hydroxylation is 1. The Hall–Kier alpha value is -4.17. The van der Waals surface area contributed by atoms with Gasteiger partial charge in [0.2, 0.25) is 0 Å². The standard InChI is InChI=1S/C37H35NO5S/c1-42-24-18-20-37(41,21-19-24)35-32(28-12-4-5-17-31(28)44-35)29-14-7-13-26-27(34(36(39)40)38-33(26)29)15-8-22-43-30-16-6-10-23-9-2-3-11-25(23)30/h2-7,9-14,16-17,24,38,41H,8,15,18-22H2,1H3,(H,39,40). The number of fused-ring (bicyclic) bond motifs is 3. The maximum atomic E-state index is 12.5. The number of aromatic nitrogens is 1. The number of aromatic amines is 1. The molecule has 1 saturated carbocycles. The van der Waals surface area contributed by atoms with Gasteiger partial charge in [-0.2, -0.15) is 0 Å². The molecule has 0 bridgehead atoms. The van der Waals surface area contributed by atoms with Crippen molar-refractivity contribution >= 4 is 49.1 Å². The zero-order valence-electron chi connectivity index (χ0n) is 24.6. The summed E-state index contributed by atoms with van der Waals surface area (Å²) in [6.07, 6.45) is 4.19. The molecular formula is C37H35NO5S. The van der Waals surface area contributed by atoms with Gasteiger partial charge in [-0.15, -0.1) is 11.3 Å². The molecule has 224 valence electrons. The van der Waals surface area contributed by atoms with E-state index >= 15 is 0 Å². The Morgan fingerprint density at radius 3 is 2.43 bits per heavy atom. The van der Waals surface area contributed by atoms with E-state index in [0.29, 0.717) is 32.3 Å². The van der Waals surface area contributed by atoms with E-state index in [1.165, 1.54) is 0 Å². The fourth-order valence-corrected chi connectivity index (χ4v) is 8.21. The Labute approximate surface area is 259 Å². The van der Waals surface area contributed by atoms with E-state index < -0.39 is 11.6 Å². The topological polar surface area (TPSA) is 91.8 Å². The van der Waals surface area contributed by atoms with Gasteiger partial charge >= 0.3 is 5.97 Å². The van der Waals surface area contributed by atoms with E-state index in [1.54, 1.807) is 18.4 Å². The van der Waals surface area contributed by atoms with E-state index in [2.05, 4.69) is 35.3 Å². The van der Waals surface area contributed by atoms with Gasteiger partial charge in [0.05, 0.1) is 23.8 Å². The molecular weight excluding hydrogens is 570 g/mol. The van der Waals surface area contributed by atoms with Crippen molar-refractivity contribution in [3.8, 4) is 16.9 Å². The second kappa shape index (κ2) is 11.7. The van der Waals surface area contributed by atoms with Gasteiger partial charge in [-0.05, 0) is 61.6 Å². The highest BCUT2D eigenvalue weighted by atomic mass is 32.1. The third kappa shape index (κ3) is 5.05. The number of aromatic carboxylic acids is 1. The van der Waals surface area contributed by atoms with Crippen LogP contribution in [-0.2, 0) is 16.8 Å². The van der Waals surface area contributed by atoms with Crippen molar-refractivity contribution in [2.24, 2.45) is 0 Å². The Morgan fingerprint density at radius 1 is 0.932 bits per heavy atom. The summed E-state index contributed by atoms with van der Waals surface area (Å²) in [5.74, 6) is -0.152. The maximum absolute atomic E-state index is 12.5. The number of H-pyrrole nitrogens is 1. The number of rotatable bonds is 9. The Kier molecular flexibility index (Phi) is 7.62. The molecule has 0 saturated heterocycles. The SMILES string of the molecule is COC1CCC(O)(c2sc3ccccc3c2-c2cccc3c(CCCOc4cccc5ccccc45)c(C(=O)O)[nH]c23)CC1. The third-order valence-electron chi connectivity index (χ3n) is 9.11. The van der Waals surface area contributed by atoms with Gasteiger partial charge in [0.15, 0.2) is 0 Å². The zero-order chi connectivity index (χ0) is 30.3. The van der Waals surface area contributed by atoms with Gasteiger partial charge < -0.3 is 24.7 Å². The molecule has 3 N–H and O–H groups in total. The molecule has 7 rings (SSSR count). The number of thiophene rings is 1. The Bertz CT molecular complexity index is 1980. The van der Waals surface area contributed by atoms with Crippen LogP contribution in [0.4, 0.5) is 0 Å². The lowest BCUT2D eigenvalue weighted by Crippen LogP contribution is -2.33. The number of benzene rings is 4. The van der Waals surface area contributed by atoms with Crippen molar-refractivity contribution in [2.75, 3.05) is 13.7 Å². The number of nitrogens with one attached hydrogen (secondary N) is 1. The van der Waals surface area contributed by atoms with E-state index in [-0.39, 0.29) is 11.8 Å². The number of aliphatic hydroxyl groups is 1. The van der Waals surface area contributed by atoms with Gasteiger partial charge in [-0.1, -0.05) is 72.8 Å². The molecule has 0 unspecified atom stereocenters. The summed E-state index contributed by atoms with van der Waals surface area (Å²) in [5.41, 5.74) is 2.69. The van der Waals surface area contributed by atoms with Crippen molar-refractivity contribution in [1.29, 1.82) is 0 Å². The number of para-hydroxylation sites is 1. The number of hydrogen-bond acceptors (Lipinski definition) is 5. The van der Waals surface area contributed by atoms with Crippen LogP contribution >= 0.6 is 11.3 Å². The molecule has 1 aliphatic carbocycles. The molecule has 44 heavy (non-hydrogen) atoms. The lowest BCUT2D eigenvalue weighted by atomic mass is 9.79. The summed E-state index contributed by atoms with van der Waals surface area (Å²) in [6.45, 7) is 0.467. The fourth-order valence-electron chi connectivity index (χ4n) is 6.85. The molecule has 0 amide bonds. The van der Waals surface area contributed by atoms with Crippen LogP contribution in [0.5, 0.6) is 5.75 Å². The predicted octanol–water partition coefficient (Wildman–Crippen LogP) is 8.69. The molecule has 0 aliphatic heterocycles. The fraction of sp³-hybridized carbons (Fsp3) is 0.270. The predicted molar refractivity (Wildman–Crippen MR) is 177 cm³/mol. The van der Waals surface area contributed by atoms with E-state index in [1.807, 2.05) is 54.6 Å². The summed E-state index contributed by atoms with van der Waals surface area (Å²) in [4.78, 5) is 16.7. The van der Waals surface area contributed by atoms with Crippen molar-refractivity contribution in [2.45, 2.75) is 50.2 Å². The van der Waals surface area contributed by atoms with Gasteiger partial charge in [0, 0.05) is 44.0 Å². The smallest absolute Gasteiger partial charge is 0.352 e. The van der Waals surface area contributed by atoms with Crippen LogP contribution in [-0.4, -0.2) is 41.0 Å². The lowest BCUT2D eigenvalue weighted by Gasteiger charge is -2.35. The quantitative estimate of drug-likeness (QED) is 0.143. The van der Waals surface area contributed by atoms with Crippen LogP contribution in [0.2, 0.25) is 0 Å². The highest BCUT2D eigenvalue weighted by Gasteiger charge is 2.39. The van der Waals surface area contributed by atoms with Crippen LogP contribution in [0, 0.1) is 0 Å². The molecule has 6 aromatic rings. The van der Waals surface area contributed by atoms with Gasteiger partial charge in [0.1, 0.15) is 11.4 Å². The minimum atomic E-state index is -0.982. The van der Waals surface area contributed by atoms with Gasteiger partial charge in [-0.3, -0.25) is 0 Å². The van der Waals surface area contributed by atoms with E-state index in [0.717, 1.165) is 71.9 Å². The molecule has 0 spiro atoms. The first-order valence-corrected chi connectivity index (χ1v) is 16.0. The summed E-state index contributed by atoms with van der Waals surface area (Å²) < 4.78 is 12.9. The molecule has 7 heteroatoms. The number of ether oxygens (including phenoxy) is 2. The molecule has 4 aromatic carbocycles. The molecule has 2 aromatic heterocycles. The average Bonchev–Trinajstić information content (AvgIpc) is 3.63. The third-order valence-corrected chi connectivity index (χ3v) is 10.5. The first-order valence-electron chi connectivity index (χ1n) is 15.2. The maximum Gasteiger partial charge on any atom is 0.352 e. The molecule has 6 nitrogen and oxygen atoms in total. The highest BCUT2D eigenvalue weighted by Crippen LogP contribution is 2.50. The van der Waals surface area contributed by atoms with Crippen molar-refractivity contribution in [1.82, 2.24) is 4.98 Å². The summed E-state index contributed by atoms with van der Waals surface area (Å²) in [6, 6.07) is 28.4. The second-order valence-corrected chi connectivity index (χ2v) is 12.8. The number of carboxylic acid groups (broad SMARTS) is 1. The van der Waals surface area contributed by atoms with Crippen LogP contribution in [0.25, 0.3) is 42.9 Å². The first-order chi connectivity index (χ1) is 21.5.